The Bertz CT molecular complexity index is 845. The summed E-state index contributed by atoms with van der Waals surface area (Å²) in [4.78, 5) is 11.1. The summed E-state index contributed by atoms with van der Waals surface area (Å²) in [5.41, 5.74) is 9.77. The number of nitrogens with one attached hydrogen (secondary N) is 1. The third-order valence-corrected chi connectivity index (χ3v) is 4.62. The number of nitrogens with zero attached hydrogens (tertiary/aromatic N) is 3. The zero-order valence-corrected chi connectivity index (χ0v) is 13.7. The summed E-state index contributed by atoms with van der Waals surface area (Å²) in [5.74, 6) is 1.09. The monoisotopic (exact) mass is 323 g/mol. The molecule has 3 aromatic rings. The van der Waals surface area contributed by atoms with Gasteiger partial charge >= 0.3 is 0 Å². The molecule has 0 bridgehead atoms. The van der Waals surface area contributed by atoms with Crippen molar-refractivity contribution in [1.82, 2.24) is 15.3 Å². The minimum Gasteiger partial charge on any atom is -0.458 e. The number of hydrogen-bond donors (Lipinski definition) is 2. The number of furan rings is 1. The molecule has 0 amide bonds. The van der Waals surface area contributed by atoms with Gasteiger partial charge in [-0.1, -0.05) is 30.3 Å². The number of aromatic nitrogens is 2. The van der Waals surface area contributed by atoms with Crippen molar-refractivity contribution in [2.75, 3.05) is 30.8 Å². The number of anilines is 2. The van der Waals surface area contributed by atoms with Crippen molar-refractivity contribution in [3.8, 4) is 0 Å². The minimum absolute atomic E-state index is 0.293. The molecular weight excluding hydrogens is 302 g/mol. The second-order valence-electron chi connectivity index (χ2n) is 6.23. The average molecular weight is 323 g/mol. The van der Waals surface area contributed by atoms with E-state index in [4.69, 9.17) is 10.2 Å². The molecule has 1 saturated heterocycles. The highest BCUT2D eigenvalue weighted by Crippen LogP contribution is 2.31. The number of nitrogens with two attached hydrogens (primary N) is 1. The van der Waals surface area contributed by atoms with Gasteiger partial charge in [-0.15, -0.1) is 0 Å². The van der Waals surface area contributed by atoms with E-state index < -0.39 is 0 Å². The maximum Gasteiger partial charge on any atom is 0.222 e. The molecule has 6 heteroatoms. The van der Waals surface area contributed by atoms with Crippen LogP contribution in [0.4, 0.5) is 11.8 Å². The maximum atomic E-state index is 5.97. The van der Waals surface area contributed by atoms with Gasteiger partial charge in [0.2, 0.25) is 5.95 Å². The summed E-state index contributed by atoms with van der Waals surface area (Å²) in [6, 6.07) is 10.8. The molecule has 24 heavy (non-hydrogen) atoms. The first-order valence-corrected chi connectivity index (χ1v) is 8.24. The van der Waals surface area contributed by atoms with Gasteiger partial charge in [-0.2, -0.15) is 4.98 Å². The molecule has 0 aliphatic carbocycles. The molecule has 0 saturated carbocycles. The van der Waals surface area contributed by atoms with E-state index in [0.29, 0.717) is 12.0 Å². The fourth-order valence-electron chi connectivity index (χ4n) is 3.31. The summed E-state index contributed by atoms with van der Waals surface area (Å²) < 4.78 is 5.85. The van der Waals surface area contributed by atoms with Gasteiger partial charge < -0.3 is 20.4 Å². The summed E-state index contributed by atoms with van der Waals surface area (Å²) in [7, 11) is 1.99. The Morgan fingerprint density at radius 2 is 2.12 bits per heavy atom. The molecule has 6 nitrogen and oxygen atoms in total. The zero-order valence-electron chi connectivity index (χ0n) is 13.7. The second-order valence-corrected chi connectivity index (χ2v) is 6.23. The normalized spacial score (nSPS) is 17.7. The number of fused-ring (bicyclic) bond motifs is 1. The molecule has 0 radical (unpaired) electrons. The Morgan fingerprint density at radius 3 is 2.88 bits per heavy atom. The summed E-state index contributed by atoms with van der Waals surface area (Å²) >= 11 is 0. The molecule has 0 spiro atoms. The van der Waals surface area contributed by atoms with Crippen LogP contribution >= 0.6 is 0 Å². The molecule has 0 unspecified atom stereocenters. The number of likely N-dealkylation sites (N-methyl/N-ethyl adjacent to an activating group) is 1. The topological polar surface area (TPSA) is 80.2 Å². The fraction of sp³-hybridized carbons (Fsp3) is 0.333. The fourth-order valence-corrected chi connectivity index (χ4v) is 3.31. The van der Waals surface area contributed by atoms with Crippen LogP contribution in [0.5, 0.6) is 0 Å². The Morgan fingerprint density at radius 1 is 1.29 bits per heavy atom. The van der Waals surface area contributed by atoms with Gasteiger partial charge in [0.1, 0.15) is 5.52 Å². The van der Waals surface area contributed by atoms with Gasteiger partial charge in [0.25, 0.3) is 0 Å². The van der Waals surface area contributed by atoms with Gasteiger partial charge in [0.15, 0.2) is 11.4 Å². The van der Waals surface area contributed by atoms with Crippen LogP contribution in [-0.2, 0) is 6.42 Å². The van der Waals surface area contributed by atoms with Gasteiger partial charge in [-0.25, -0.2) is 4.98 Å². The lowest BCUT2D eigenvalue weighted by Gasteiger charge is -2.17. The Hall–Kier alpha value is -2.60. The molecule has 1 aliphatic heterocycles. The van der Waals surface area contributed by atoms with E-state index in [2.05, 4.69) is 32.3 Å². The summed E-state index contributed by atoms with van der Waals surface area (Å²) in [5, 5.41) is 3.32. The molecule has 1 fully saturated rings. The minimum atomic E-state index is 0.293. The van der Waals surface area contributed by atoms with Crippen molar-refractivity contribution in [2.45, 2.75) is 18.9 Å². The first kappa shape index (κ1) is 15.0. The number of nitrogen functional groups attached to an aromatic ring is 1. The van der Waals surface area contributed by atoms with Crippen molar-refractivity contribution in [3.63, 3.8) is 0 Å². The highest BCUT2D eigenvalue weighted by molar-refractivity contribution is 5.88. The predicted octanol–water partition coefficient (Wildman–Crippen LogP) is 2.19. The van der Waals surface area contributed by atoms with Crippen molar-refractivity contribution < 1.29 is 4.42 Å². The number of hydrogen-bond acceptors (Lipinski definition) is 6. The number of benzene rings is 1. The number of rotatable bonds is 4. The maximum absolute atomic E-state index is 5.97. The van der Waals surface area contributed by atoms with Crippen LogP contribution in [0.3, 0.4) is 0 Å². The van der Waals surface area contributed by atoms with Gasteiger partial charge in [0, 0.05) is 31.1 Å². The summed E-state index contributed by atoms with van der Waals surface area (Å²) in [6.07, 6.45) is 3.63. The third-order valence-electron chi connectivity index (χ3n) is 4.62. The first-order valence-electron chi connectivity index (χ1n) is 8.24. The van der Waals surface area contributed by atoms with Crippen LogP contribution in [0.1, 0.15) is 17.5 Å². The van der Waals surface area contributed by atoms with Crippen molar-refractivity contribution in [2.24, 2.45) is 0 Å². The molecule has 4 rings (SSSR count). The van der Waals surface area contributed by atoms with Crippen LogP contribution in [0.25, 0.3) is 11.1 Å². The predicted molar refractivity (Wildman–Crippen MR) is 95.1 cm³/mol. The lowest BCUT2D eigenvalue weighted by atomic mass is 10.1. The van der Waals surface area contributed by atoms with Crippen LogP contribution in [0.15, 0.2) is 41.0 Å². The van der Waals surface area contributed by atoms with Gasteiger partial charge in [0.05, 0.1) is 6.26 Å². The van der Waals surface area contributed by atoms with Crippen molar-refractivity contribution in [3.05, 3.63) is 47.7 Å². The van der Waals surface area contributed by atoms with E-state index in [-0.39, 0.29) is 0 Å². The molecule has 3 N–H and O–H groups in total. The quantitative estimate of drug-likeness (QED) is 0.766. The first-order chi connectivity index (χ1) is 11.7. The van der Waals surface area contributed by atoms with Crippen LogP contribution in [-0.4, -0.2) is 36.1 Å². The van der Waals surface area contributed by atoms with E-state index in [9.17, 15) is 0 Å². The SMILES string of the molecule is CN[C@@H]1CCN(c2nc(N)nc3c(Cc4ccccc4)coc23)C1. The third kappa shape index (κ3) is 2.69. The highest BCUT2D eigenvalue weighted by Gasteiger charge is 2.26. The molecule has 2 aromatic heterocycles. The average Bonchev–Trinajstić information content (AvgIpc) is 3.23. The smallest absolute Gasteiger partial charge is 0.222 e. The molecule has 1 aromatic carbocycles. The van der Waals surface area contributed by atoms with E-state index in [1.807, 2.05) is 25.2 Å². The van der Waals surface area contributed by atoms with Crippen LogP contribution < -0.4 is 16.0 Å². The Kier molecular flexibility index (Phi) is 3.82. The Balaban J connectivity index is 1.72. The lowest BCUT2D eigenvalue weighted by Crippen LogP contribution is -2.30. The second kappa shape index (κ2) is 6.13. The summed E-state index contributed by atoms with van der Waals surface area (Å²) in [6.45, 7) is 1.84. The van der Waals surface area contributed by atoms with Crippen LogP contribution in [0, 0.1) is 0 Å². The zero-order chi connectivity index (χ0) is 16.5. The van der Waals surface area contributed by atoms with Crippen molar-refractivity contribution in [1.29, 1.82) is 0 Å². The highest BCUT2D eigenvalue weighted by atomic mass is 16.3. The lowest BCUT2D eigenvalue weighted by molar-refractivity contribution is 0.605. The molecule has 124 valence electrons. The molecule has 1 aliphatic rings. The van der Waals surface area contributed by atoms with E-state index >= 15 is 0 Å². The van der Waals surface area contributed by atoms with E-state index in [0.717, 1.165) is 48.4 Å². The van der Waals surface area contributed by atoms with E-state index in [1.165, 1.54) is 5.56 Å². The molecule has 3 heterocycles. The van der Waals surface area contributed by atoms with Gasteiger partial charge in [-0.05, 0) is 19.0 Å². The molecule has 1 atom stereocenters. The van der Waals surface area contributed by atoms with Gasteiger partial charge in [-0.3, -0.25) is 0 Å². The Labute approximate surface area is 140 Å². The molecular formula is C18H21N5O. The van der Waals surface area contributed by atoms with Crippen molar-refractivity contribution >= 4 is 22.9 Å². The van der Waals surface area contributed by atoms with Crippen LogP contribution in [0.2, 0.25) is 0 Å². The largest absolute Gasteiger partial charge is 0.458 e. The standard InChI is InChI=1S/C18H21N5O/c1-20-14-7-8-23(10-14)17-16-15(21-18(19)22-17)13(11-24-16)9-12-5-3-2-4-6-12/h2-6,11,14,20H,7-10H2,1H3,(H2,19,21,22)/t14-/m1/s1. The van der Waals surface area contributed by atoms with E-state index in [1.54, 1.807) is 6.26 Å².